The fourth-order valence-electron chi connectivity index (χ4n) is 3.60. The minimum absolute atomic E-state index is 0.0310. The normalized spacial score (nSPS) is 28.8. The van der Waals surface area contributed by atoms with Gasteiger partial charge in [0, 0.05) is 23.5 Å². The maximum atomic E-state index is 12.3. The quantitative estimate of drug-likeness (QED) is 0.829. The highest BCUT2D eigenvalue weighted by molar-refractivity contribution is 6.30. The zero-order valence-corrected chi connectivity index (χ0v) is 12.8. The number of hydrogen-bond acceptors (Lipinski definition) is 3. The number of nitrogens with one attached hydrogen (secondary N) is 1. The molecule has 4 nitrogen and oxygen atoms in total. The second-order valence-corrected chi connectivity index (χ2v) is 6.42. The predicted molar refractivity (Wildman–Crippen MR) is 80.9 cm³/mol. The van der Waals surface area contributed by atoms with E-state index >= 15 is 0 Å². The molecule has 0 saturated heterocycles. The highest BCUT2D eigenvalue weighted by Gasteiger charge is 2.48. The van der Waals surface area contributed by atoms with Gasteiger partial charge in [-0.3, -0.25) is 4.79 Å². The highest BCUT2D eigenvalue weighted by atomic mass is 35.5. The van der Waals surface area contributed by atoms with Crippen LogP contribution in [-0.4, -0.2) is 18.4 Å². The first-order valence-electron chi connectivity index (χ1n) is 7.47. The molecule has 2 aliphatic rings. The summed E-state index contributed by atoms with van der Waals surface area (Å²) in [6.45, 7) is 0.484. The van der Waals surface area contributed by atoms with Crippen molar-refractivity contribution in [1.29, 1.82) is 0 Å². The molecule has 0 unspecified atom stereocenters. The number of carbonyl (C=O) groups is 2. The molecule has 1 fully saturated rings. The van der Waals surface area contributed by atoms with E-state index < -0.39 is 17.8 Å². The summed E-state index contributed by atoms with van der Waals surface area (Å²) < 4.78 is 0. The van der Waals surface area contributed by atoms with Crippen molar-refractivity contribution >= 4 is 23.5 Å². The Balaban J connectivity index is 1.56. The molecule has 1 amide bonds. The van der Waals surface area contributed by atoms with Crippen molar-refractivity contribution in [2.75, 3.05) is 6.54 Å². The summed E-state index contributed by atoms with van der Waals surface area (Å²) in [6.07, 6.45) is 5.31. The van der Waals surface area contributed by atoms with Crippen LogP contribution in [0.5, 0.6) is 0 Å². The third-order valence-corrected chi connectivity index (χ3v) is 4.91. The van der Waals surface area contributed by atoms with E-state index in [0.29, 0.717) is 18.0 Å². The van der Waals surface area contributed by atoms with Gasteiger partial charge in [-0.05, 0) is 42.4 Å². The molecule has 0 aliphatic heterocycles. The Morgan fingerprint density at radius 1 is 1.14 bits per heavy atom. The number of hydrogen-bond donors (Lipinski definition) is 1. The second kappa shape index (κ2) is 6.13. The largest absolute Gasteiger partial charge is 0.550 e. The number of halogens is 1. The van der Waals surface area contributed by atoms with E-state index in [1.54, 1.807) is 0 Å². The van der Waals surface area contributed by atoms with Crippen molar-refractivity contribution in [3.8, 4) is 0 Å². The molecule has 22 heavy (non-hydrogen) atoms. The topological polar surface area (TPSA) is 69.2 Å². The van der Waals surface area contributed by atoms with Crippen LogP contribution in [0.2, 0.25) is 5.02 Å². The Hall–Kier alpha value is -1.81. The number of allylic oxidation sites excluding steroid dienone is 2. The van der Waals surface area contributed by atoms with Gasteiger partial charge in [0.15, 0.2) is 0 Å². The van der Waals surface area contributed by atoms with Gasteiger partial charge in [-0.1, -0.05) is 35.9 Å². The maximum Gasteiger partial charge on any atom is 0.224 e. The standard InChI is InChI=1S/C17H18ClNO3/c18-13-5-1-10(2-6-13)7-8-19-16(20)14-11-3-4-12(9-11)15(14)17(21)22/h1-6,11-12,14-15H,7-9H2,(H,19,20)(H,21,22)/p-1/t11-,12-,14-,15-/m0/s1. The molecule has 4 atom stereocenters. The predicted octanol–water partition coefficient (Wildman–Crippen LogP) is 1.19. The van der Waals surface area contributed by atoms with Gasteiger partial charge < -0.3 is 15.2 Å². The zero-order valence-electron chi connectivity index (χ0n) is 12.0. The lowest BCUT2D eigenvalue weighted by atomic mass is 9.82. The van der Waals surface area contributed by atoms with Crippen molar-refractivity contribution in [2.24, 2.45) is 23.7 Å². The van der Waals surface area contributed by atoms with Gasteiger partial charge >= 0.3 is 0 Å². The molecule has 5 heteroatoms. The minimum Gasteiger partial charge on any atom is -0.550 e. The highest BCUT2D eigenvalue weighted by Crippen LogP contribution is 2.47. The van der Waals surface area contributed by atoms with Crippen molar-refractivity contribution in [1.82, 2.24) is 5.32 Å². The van der Waals surface area contributed by atoms with Crippen LogP contribution in [0.15, 0.2) is 36.4 Å². The first-order valence-corrected chi connectivity index (χ1v) is 7.85. The summed E-state index contributed by atoms with van der Waals surface area (Å²) in [4.78, 5) is 23.6. The van der Waals surface area contributed by atoms with E-state index in [1.807, 2.05) is 36.4 Å². The molecule has 0 aromatic heterocycles. The lowest BCUT2D eigenvalue weighted by molar-refractivity contribution is -0.313. The molecule has 0 heterocycles. The molecule has 1 N–H and O–H groups in total. The van der Waals surface area contributed by atoms with Crippen LogP contribution in [0.25, 0.3) is 0 Å². The third kappa shape index (κ3) is 2.88. The summed E-state index contributed by atoms with van der Waals surface area (Å²) in [6, 6.07) is 7.45. The van der Waals surface area contributed by atoms with E-state index in [0.717, 1.165) is 12.0 Å². The average molecular weight is 319 g/mol. The lowest BCUT2D eigenvalue weighted by Crippen LogP contribution is -2.45. The van der Waals surface area contributed by atoms with Gasteiger partial charge in [0.2, 0.25) is 5.91 Å². The Morgan fingerprint density at radius 2 is 1.77 bits per heavy atom. The van der Waals surface area contributed by atoms with Crippen molar-refractivity contribution < 1.29 is 14.7 Å². The number of amides is 1. The van der Waals surface area contributed by atoms with Crippen LogP contribution in [0.1, 0.15) is 12.0 Å². The number of carboxylic acids is 1. The summed E-state index contributed by atoms with van der Waals surface area (Å²) in [7, 11) is 0. The molecular weight excluding hydrogens is 302 g/mol. The van der Waals surface area contributed by atoms with E-state index in [4.69, 9.17) is 11.6 Å². The lowest BCUT2D eigenvalue weighted by Gasteiger charge is -2.27. The van der Waals surface area contributed by atoms with E-state index in [2.05, 4.69) is 5.32 Å². The van der Waals surface area contributed by atoms with Gasteiger partial charge in [-0.25, -0.2) is 0 Å². The number of benzene rings is 1. The van der Waals surface area contributed by atoms with Crippen LogP contribution < -0.4 is 10.4 Å². The minimum atomic E-state index is -1.12. The molecular formula is C17H17ClNO3-. The first kappa shape index (κ1) is 15.1. The van der Waals surface area contributed by atoms with E-state index in [-0.39, 0.29) is 17.7 Å². The number of carboxylic acid groups (broad SMARTS) is 1. The van der Waals surface area contributed by atoms with Gasteiger partial charge in [-0.15, -0.1) is 0 Å². The Kier molecular flexibility index (Phi) is 4.21. The molecule has 0 radical (unpaired) electrons. The fraction of sp³-hybridized carbons (Fsp3) is 0.412. The summed E-state index contributed by atoms with van der Waals surface area (Å²) in [5.41, 5.74) is 1.08. The van der Waals surface area contributed by atoms with E-state index in [1.165, 1.54) is 0 Å². The van der Waals surface area contributed by atoms with Crippen LogP contribution >= 0.6 is 11.6 Å². The Bertz CT molecular complexity index is 611. The summed E-state index contributed by atoms with van der Waals surface area (Å²) in [5, 5.41) is 14.8. The number of fused-ring (bicyclic) bond motifs is 2. The molecule has 1 saturated carbocycles. The molecule has 1 aromatic carbocycles. The Morgan fingerprint density at radius 3 is 2.41 bits per heavy atom. The van der Waals surface area contributed by atoms with Crippen LogP contribution in [0.3, 0.4) is 0 Å². The number of carbonyl (C=O) groups excluding carboxylic acids is 2. The van der Waals surface area contributed by atoms with Crippen molar-refractivity contribution in [3.05, 3.63) is 47.0 Å². The fourth-order valence-corrected chi connectivity index (χ4v) is 3.73. The van der Waals surface area contributed by atoms with Crippen molar-refractivity contribution in [2.45, 2.75) is 12.8 Å². The van der Waals surface area contributed by atoms with Crippen LogP contribution in [0.4, 0.5) is 0 Å². The molecule has 3 rings (SSSR count). The molecule has 1 aromatic rings. The number of rotatable bonds is 5. The molecule has 0 spiro atoms. The zero-order chi connectivity index (χ0) is 15.7. The van der Waals surface area contributed by atoms with Crippen LogP contribution in [-0.2, 0) is 16.0 Å². The third-order valence-electron chi connectivity index (χ3n) is 4.66. The second-order valence-electron chi connectivity index (χ2n) is 5.99. The average Bonchev–Trinajstić information content (AvgIpc) is 3.09. The number of aliphatic carboxylic acids is 1. The van der Waals surface area contributed by atoms with E-state index in [9.17, 15) is 14.7 Å². The molecule has 2 bridgehead atoms. The SMILES string of the molecule is O=C([O-])[C@@H]1[C@@H](C(=O)NCCc2ccc(Cl)cc2)[C@H]2C=C[C@H]1C2. The van der Waals surface area contributed by atoms with Gasteiger partial charge in [0.05, 0.1) is 5.92 Å². The summed E-state index contributed by atoms with van der Waals surface area (Å²) in [5.74, 6) is -2.50. The Labute approximate surface area is 134 Å². The van der Waals surface area contributed by atoms with Crippen LogP contribution in [0, 0.1) is 23.7 Å². The maximum absolute atomic E-state index is 12.3. The smallest absolute Gasteiger partial charge is 0.224 e. The molecule has 2 aliphatic carbocycles. The summed E-state index contributed by atoms with van der Waals surface area (Å²) >= 11 is 5.83. The van der Waals surface area contributed by atoms with Gasteiger partial charge in [0.1, 0.15) is 0 Å². The van der Waals surface area contributed by atoms with Gasteiger partial charge in [-0.2, -0.15) is 0 Å². The monoisotopic (exact) mass is 318 g/mol. The van der Waals surface area contributed by atoms with Crippen molar-refractivity contribution in [3.63, 3.8) is 0 Å². The first-order chi connectivity index (χ1) is 10.6. The molecule has 116 valence electrons. The van der Waals surface area contributed by atoms with Gasteiger partial charge in [0.25, 0.3) is 0 Å².